The van der Waals surface area contributed by atoms with E-state index in [1.807, 2.05) is 71.6 Å². The van der Waals surface area contributed by atoms with E-state index in [0.29, 0.717) is 17.2 Å². The van der Waals surface area contributed by atoms with Crippen LogP contribution in [0.5, 0.6) is 0 Å². The van der Waals surface area contributed by atoms with E-state index in [4.69, 9.17) is 0 Å². The molecule has 3 heterocycles. The van der Waals surface area contributed by atoms with Gasteiger partial charge in [0.1, 0.15) is 0 Å². The highest BCUT2D eigenvalue weighted by Crippen LogP contribution is 2.12. The van der Waals surface area contributed by atoms with Crippen molar-refractivity contribution in [1.82, 2.24) is 19.2 Å². The Bertz CT molecular complexity index is 957. The van der Waals surface area contributed by atoms with Crippen molar-refractivity contribution in [2.75, 3.05) is 5.32 Å². The van der Waals surface area contributed by atoms with Gasteiger partial charge < -0.3 is 9.88 Å². The molecule has 23 heavy (non-hydrogen) atoms. The third kappa shape index (κ3) is 2.46. The molecule has 0 saturated carbocycles. The summed E-state index contributed by atoms with van der Waals surface area (Å²) in [6, 6.07) is 16.8. The van der Waals surface area contributed by atoms with Gasteiger partial charge in [0.25, 0.3) is 5.91 Å². The number of aromatic nitrogens is 4. The summed E-state index contributed by atoms with van der Waals surface area (Å²) in [5, 5.41) is 7.34. The molecule has 4 rings (SSSR count). The van der Waals surface area contributed by atoms with E-state index in [-0.39, 0.29) is 5.91 Å². The number of carbonyl (C=O) groups excluding carboxylic acids is 1. The molecule has 0 atom stereocenters. The molecule has 0 saturated heterocycles. The van der Waals surface area contributed by atoms with Gasteiger partial charge in [-0.25, -0.2) is 9.50 Å². The van der Waals surface area contributed by atoms with Gasteiger partial charge in [-0.3, -0.25) is 4.79 Å². The molecule has 112 valence electrons. The third-order valence-corrected chi connectivity index (χ3v) is 3.48. The quantitative estimate of drug-likeness (QED) is 0.633. The summed E-state index contributed by atoms with van der Waals surface area (Å²) in [5.41, 5.74) is 1.74. The van der Waals surface area contributed by atoms with Gasteiger partial charge in [-0.05, 0) is 36.4 Å². The van der Waals surface area contributed by atoms with E-state index >= 15 is 0 Å². The lowest BCUT2D eigenvalue weighted by Gasteiger charge is -2.06. The van der Waals surface area contributed by atoms with E-state index in [9.17, 15) is 4.79 Å². The minimum absolute atomic E-state index is 0.249. The number of hydrogen-bond donors (Lipinski definition) is 1. The van der Waals surface area contributed by atoms with Crippen LogP contribution >= 0.6 is 0 Å². The van der Waals surface area contributed by atoms with E-state index in [0.717, 1.165) is 5.69 Å². The number of anilines is 1. The van der Waals surface area contributed by atoms with Crippen LogP contribution in [0, 0.1) is 0 Å². The van der Waals surface area contributed by atoms with Crippen molar-refractivity contribution in [2.24, 2.45) is 0 Å². The molecule has 6 nitrogen and oxygen atoms in total. The number of amides is 1. The highest BCUT2D eigenvalue weighted by molar-refractivity contribution is 6.03. The van der Waals surface area contributed by atoms with Crippen LogP contribution < -0.4 is 5.32 Å². The lowest BCUT2D eigenvalue weighted by atomic mass is 10.3. The molecule has 1 N–H and O–H groups in total. The van der Waals surface area contributed by atoms with Gasteiger partial charge in [0.2, 0.25) is 0 Å². The van der Waals surface area contributed by atoms with E-state index in [2.05, 4.69) is 15.4 Å². The van der Waals surface area contributed by atoms with Crippen LogP contribution in [0.2, 0.25) is 0 Å². The van der Waals surface area contributed by atoms with Gasteiger partial charge in [-0.2, -0.15) is 0 Å². The predicted molar refractivity (Wildman–Crippen MR) is 86.7 cm³/mol. The minimum atomic E-state index is -0.249. The lowest BCUT2D eigenvalue weighted by Crippen LogP contribution is -2.15. The summed E-state index contributed by atoms with van der Waals surface area (Å²) in [6.45, 7) is 0. The SMILES string of the molecule is O=C(Nc1ccccc1)c1cnc2ccc(-n3cccc3)nn12. The fraction of sp³-hybridized carbons (Fsp3) is 0. The lowest BCUT2D eigenvalue weighted by molar-refractivity contribution is 0.102. The fourth-order valence-corrected chi connectivity index (χ4v) is 2.36. The molecule has 0 fully saturated rings. The van der Waals surface area contributed by atoms with E-state index in [1.165, 1.54) is 6.20 Å². The van der Waals surface area contributed by atoms with Gasteiger partial charge in [0.15, 0.2) is 17.2 Å². The zero-order chi connectivity index (χ0) is 15.6. The molecule has 6 heteroatoms. The Hall–Kier alpha value is -3.41. The van der Waals surface area contributed by atoms with Crippen molar-refractivity contribution < 1.29 is 4.79 Å². The summed E-state index contributed by atoms with van der Waals surface area (Å²) in [6.07, 6.45) is 5.32. The molecule has 3 aromatic heterocycles. The Morgan fingerprint density at radius 3 is 2.52 bits per heavy atom. The highest BCUT2D eigenvalue weighted by Gasteiger charge is 2.14. The zero-order valence-corrected chi connectivity index (χ0v) is 12.1. The number of benzene rings is 1. The Labute approximate surface area is 132 Å². The number of hydrogen-bond acceptors (Lipinski definition) is 3. The molecule has 0 aliphatic carbocycles. The van der Waals surface area contributed by atoms with Gasteiger partial charge in [0.05, 0.1) is 6.20 Å². The van der Waals surface area contributed by atoms with Crippen molar-refractivity contribution in [3.63, 3.8) is 0 Å². The van der Waals surface area contributed by atoms with Crippen LogP contribution in [-0.4, -0.2) is 25.1 Å². The monoisotopic (exact) mass is 303 g/mol. The average Bonchev–Trinajstić information content (AvgIpc) is 3.25. The van der Waals surface area contributed by atoms with Crippen molar-refractivity contribution in [1.29, 1.82) is 0 Å². The molecular formula is C17H13N5O. The van der Waals surface area contributed by atoms with Gasteiger partial charge >= 0.3 is 0 Å². The summed E-state index contributed by atoms with van der Waals surface area (Å²) in [5.74, 6) is 0.468. The van der Waals surface area contributed by atoms with E-state index < -0.39 is 0 Å². The maximum absolute atomic E-state index is 12.5. The normalized spacial score (nSPS) is 10.8. The number of nitrogens with zero attached hydrogens (tertiary/aromatic N) is 4. The maximum Gasteiger partial charge on any atom is 0.276 e. The molecule has 0 bridgehead atoms. The first-order valence-electron chi connectivity index (χ1n) is 7.16. The standard InChI is InChI=1S/C17H13N5O/c23-17(19-13-6-2-1-3-7-13)14-12-18-15-8-9-16(20-22(14)15)21-10-4-5-11-21/h1-12H,(H,19,23). The Morgan fingerprint density at radius 2 is 1.74 bits per heavy atom. The van der Waals surface area contributed by atoms with Crippen LogP contribution in [0.4, 0.5) is 5.69 Å². The molecule has 0 spiro atoms. The van der Waals surface area contributed by atoms with Crippen molar-refractivity contribution in [3.8, 4) is 5.82 Å². The number of nitrogens with one attached hydrogen (secondary N) is 1. The topological polar surface area (TPSA) is 64.2 Å². The zero-order valence-electron chi connectivity index (χ0n) is 12.1. The first kappa shape index (κ1) is 13.3. The fourth-order valence-electron chi connectivity index (χ4n) is 2.36. The summed E-state index contributed by atoms with van der Waals surface area (Å²) in [7, 11) is 0. The van der Waals surface area contributed by atoms with Gasteiger partial charge in [-0.1, -0.05) is 18.2 Å². The van der Waals surface area contributed by atoms with Crippen LogP contribution in [0.25, 0.3) is 11.5 Å². The largest absolute Gasteiger partial charge is 0.321 e. The molecule has 0 radical (unpaired) electrons. The number of para-hydroxylation sites is 1. The smallest absolute Gasteiger partial charge is 0.276 e. The van der Waals surface area contributed by atoms with Crippen LogP contribution in [0.1, 0.15) is 10.5 Å². The predicted octanol–water partition coefficient (Wildman–Crippen LogP) is 2.77. The van der Waals surface area contributed by atoms with Crippen LogP contribution in [0.3, 0.4) is 0 Å². The van der Waals surface area contributed by atoms with Crippen LogP contribution in [0.15, 0.2) is 73.2 Å². The molecule has 4 aromatic rings. The number of fused-ring (bicyclic) bond motifs is 1. The number of rotatable bonds is 3. The second-order valence-electron chi connectivity index (χ2n) is 5.02. The van der Waals surface area contributed by atoms with E-state index in [1.54, 1.807) is 4.52 Å². The number of carbonyl (C=O) groups is 1. The second-order valence-corrected chi connectivity index (χ2v) is 5.02. The van der Waals surface area contributed by atoms with Crippen molar-refractivity contribution >= 4 is 17.2 Å². The van der Waals surface area contributed by atoms with Crippen molar-refractivity contribution in [2.45, 2.75) is 0 Å². The Kier molecular flexibility index (Phi) is 3.12. The summed E-state index contributed by atoms with van der Waals surface area (Å²) >= 11 is 0. The highest BCUT2D eigenvalue weighted by atomic mass is 16.2. The minimum Gasteiger partial charge on any atom is -0.321 e. The average molecular weight is 303 g/mol. The van der Waals surface area contributed by atoms with Crippen LogP contribution in [-0.2, 0) is 0 Å². The molecule has 0 aliphatic heterocycles. The maximum atomic E-state index is 12.5. The van der Waals surface area contributed by atoms with Gasteiger partial charge in [0, 0.05) is 18.1 Å². The first-order valence-corrected chi connectivity index (χ1v) is 7.16. The Morgan fingerprint density at radius 1 is 0.957 bits per heavy atom. The first-order chi connectivity index (χ1) is 11.3. The third-order valence-electron chi connectivity index (χ3n) is 3.48. The molecular weight excluding hydrogens is 290 g/mol. The second kappa shape index (κ2) is 5.42. The molecule has 1 amide bonds. The molecule has 0 aliphatic rings. The van der Waals surface area contributed by atoms with Crippen molar-refractivity contribution in [3.05, 3.63) is 78.9 Å². The summed E-state index contributed by atoms with van der Waals surface area (Å²) < 4.78 is 3.42. The molecule has 1 aromatic carbocycles. The Balaban J connectivity index is 1.72. The summed E-state index contributed by atoms with van der Waals surface area (Å²) in [4.78, 5) is 16.7. The van der Waals surface area contributed by atoms with Gasteiger partial charge in [-0.15, -0.1) is 5.10 Å². The molecule has 0 unspecified atom stereocenters. The number of imidazole rings is 1.